The Kier molecular flexibility index (Phi) is 5.66. The first kappa shape index (κ1) is 21.2. The number of thiophene rings is 1. The van der Waals surface area contributed by atoms with Crippen LogP contribution in [0.3, 0.4) is 0 Å². The Morgan fingerprint density at radius 2 is 1.97 bits per heavy atom. The summed E-state index contributed by atoms with van der Waals surface area (Å²) in [5.74, 6) is -0.356. The number of carbonyl (C=O) groups is 2. The van der Waals surface area contributed by atoms with E-state index in [-0.39, 0.29) is 17.4 Å². The molecule has 0 aliphatic heterocycles. The zero-order valence-corrected chi connectivity index (χ0v) is 18.8. The van der Waals surface area contributed by atoms with E-state index in [1.165, 1.54) is 18.4 Å². The van der Waals surface area contributed by atoms with Crippen LogP contribution in [0.5, 0.6) is 0 Å². The number of carbonyl (C=O) groups excluding carboxylic acids is 2. The molecule has 1 amide bonds. The summed E-state index contributed by atoms with van der Waals surface area (Å²) in [6.45, 7) is 5.79. The first-order valence-electron chi connectivity index (χ1n) is 10.4. The fraction of sp³-hybridized carbons (Fsp3) is 0.391. The van der Waals surface area contributed by atoms with Crippen molar-refractivity contribution in [3.63, 3.8) is 0 Å². The van der Waals surface area contributed by atoms with Gasteiger partial charge in [-0.1, -0.05) is 25.1 Å². The highest BCUT2D eigenvalue weighted by Crippen LogP contribution is 2.40. The minimum absolute atomic E-state index is 0.139. The standard InChI is InChI=1S/C23H25N3O4S/c1-12(2)30-23(29)18-16-10-9-13(3)11-17(16)31-21(18)24-20(27)19-14-7-5-6-8-15(14)22(28)26(4)25-19/h5-8,12-13H,9-11H2,1-4H3,(H,24,27). The van der Waals surface area contributed by atoms with Gasteiger partial charge in [-0.3, -0.25) is 9.59 Å². The molecule has 0 fully saturated rings. The van der Waals surface area contributed by atoms with E-state index in [1.807, 2.05) is 0 Å². The molecule has 4 rings (SSSR count). The molecule has 1 unspecified atom stereocenters. The third-order valence-corrected chi connectivity index (χ3v) is 6.63. The predicted octanol–water partition coefficient (Wildman–Crippen LogP) is 3.94. The van der Waals surface area contributed by atoms with Gasteiger partial charge in [0.15, 0.2) is 5.69 Å². The number of nitrogens with zero attached hydrogens (tertiary/aromatic N) is 2. The summed E-state index contributed by atoms with van der Waals surface area (Å²) in [7, 11) is 1.52. The first-order chi connectivity index (χ1) is 14.8. The summed E-state index contributed by atoms with van der Waals surface area (Å²) in [4.78, 5) is 39.6. The molecule has 0 radical (unpaired) electrons. The third kappa shape index (κ3) is 3.99. The minimum atomic E-state index is -0.461. The van der Waals surface area contributed by atoms with Gasteiger partial charge in [0.05, 0.1) is 17.1 Å². The van der Waals surface area contributed by atoms with Crippen LogP contribution in [0, 0.1) is 5.92 Å². The molecule has 2 heterocycles. The number of aromatic nitrogens is 2. The van der Waals surface area contributed by atoms with Gasteiger partial charge in [-0.25, -0.2) is 9.48 Å². The maximum atomic E-state index is 13.2. The summed E-state index contributed by atoms with van der Waals surface area (Å²) >= 11 is 1.43. The topological polar surface area (TPSA) is 90.3 Å². The molecule has 1 aromatic carbocycles. The van der Waals surface area contributed by atoms with Gasteiger partial charge in [-0.15, -0.1) is 11.3 Å². The molecule has 1 atom stereocenters. The fourth-order valence-electron chi connectivity index (χ4n) is 3.96. The van der Waals surface area contributed by atoms with Crippen molar-refractivity contribution in [3.8, 4) is 0 Å². The Balaban J connectivity index is 1.77. The molecular formula is C23H25N3O4S. The van der Waals surface area contributed by atoms with Crippen molar-refractivity contribution in [2.45, 2.75) is 46.1 Å². The number of esters is 1. The molecular weight excluding hydrogens is 414 g/mol. The van der Waals surface area contributed by atoms with Crippen molar-refractivity contribution in [2.24, 2.45) is 13.0 Å². The van der Waals surface area contributed by atoms with Crippen LogP contribution in [0.4, 0.5) is 5.00 Å². The van der Waals surface area contributed by atoms with Crippen LogP contribution in [0.2, 0.25) is 0 Å². The average molecular weight is 440 g/mol. The van der Waals surface area contributed by atoms with Crippen molar-refractivity contribution in [2.75, 3.05) is 5.32 Å². The van der Waals surface area contributed by atoms with E-state index in [4.69, 9.17) is 4.74 Å². The van der Waals surface area contributed by atoms with Gasteiger partial charge in [-0.2, -0.15) is 5.10 Å². The number of anilines is 1. The van der Waals surface area contributed by atoms with Gasteiger partial charge in [0.1, 0.15) is 5.00 Å². The molecule has 1 aliphatic carbocycles. The summed E-state index contributed by atoms with van der Waals surface area (Å²) < 4.78 is 6.63. The summed E-state index contributed by atoms with van der Waals surface area (Å²) in [5, 5.41) is 8.46. The number of hydrogen-bond donors (Lipinski definition) is 1. The zero-order chi connectivity index (χ0) is 22.3. The van der Waals surface area contributed by atoms with Crippen LogP contribution in [0.1, 0.15) is 58.5 Å². The number of aryl methyl sites for hydroxylation is 1. The lowest BCUT2D eigenvalue weighted by Gasteiger charge is -2.18. The molecule has 1 N–H and O–H groups in total. The van der Waals surface area contributed by atoms with Crippen LogP contribution in [-0.4, -0.2) is 27.8 Å². The van der Waals surface area contributed by atoms with Gasteiger partial charge in [0, 0.05) is 17.3 Å². The number of nitrogens with one attached hydrogen (secondary N) is 1. The second-order valence-electron chi connectivity index (χ2n) is 8.29. The smallest absolute Gasteiger partial charge is 0.341 e. The summed E-state index contributed by atoms with van der Waals surface area (Å²) in [5.41, 5.74) is 1.29. The number of fused-ring (bicyclic) bond motifs is 2. The molecule has 1 aliphatic rings. The first-order valence-corrected chi connectivity index (χ1v) is 11.2. The quantitative estimate of drug-likeness (QED) is 0.622. The van der Waals surface area contributed by atoms with E-state index in [0.29, 0.717) is 27.3 Å². The lowest BCUT2D eigenvalue weighted by molar-refractivity contribution is 0.0378. The van der Waals surface area contributed by atoms with Crippen molar-refractivity contribution >= 4 is 39.0 Å². The van der Waals surface area contributed by atoms with Gasteiger partial charge >= 0.3 is 5.97 Å². The Labute approximate surface area is 184 Å². The van der Waals surface area contributed by atoms with E-state index < -0.39 is 11.9 Å². The van der Waals surface area contributed by atoms with E-state index in [0.717, 1.165) is 34.4 Å². The normalized spacial score (nSPS) is 15.7. The highest BCUT2D eigenvalue weighted by atomic mass is 32.1. The van der Waals surface area contributed by atoms with Gasteiger partial charge in [0.25, 0.3) is 11.5 Å². The predicted molar refractivity (Wildman–Crippen MR) is 121 cm³/mol. The third-order valence-electron chi connectivity index (χ3n) is 5.46. The molecule has 0 saturated carbocycles. The van der Waals surface area contributed by atoms with E-state index in [2.05, 4.69) is 17.3 Å². The maximum absolute atomic E-state index is 13.2. The minimum Gasteiger partial charge on any atom is -0.459 e. The number of amides is 1. The fourth-order valence-corrected chi connectivity index (χ4v) is 5.35. The Morgan fingerprint density at radius 1 is 1.26 bits per heavy atom. The van der Waals surface area contributed by atoms with E-state index in [9.17, 15) is 14.4 Å². The molecule has 2 aromatic heterocycles. The molecule has 7 nitrogen and oxygen atoms in total. The van der Waals surface area contributed by atoms with Crippen molar-refractivity contribution < 1.29 is 14.3 Å². The monoisotopic (exact) mass is 439 g/mol. The highest BCUT2D eigenvalue weighted by molar-refractivity contribution is 7.17. The largest absolute Gasteiger partial charge is 0.459 e. The SMILES string of the molecule is CC1CCc2c(sc(NC(=O)c3nn(C)c(=O)c4ccccc34)c2C(=O)OC(C)C)C1. The van der Waals surface area contributed by atoms with Gasteiger partial charge in [-0.05, 0) is 50.7 Å². The summed E-state index contributed by atoms with van der Waals surface area (Å²) in [6, 6.07) is 6.89. The molecule has 8 heteroatoms. The lowest BCUT2D eigenvalue weighted by Crippen LogP contribution is -2.25. The Hall–Kier alpha value is -3.00. The van der Waals surface area contributed by atoms with Crippen LogP contribution in [-0.2, 0) is 24.6 Å². The second kappa shape index (κ2) is 8.26. The maximum Gasteiger partial charge on any atom is 0.341 e. The van der Waals surface area contributed by atoms with Crippen LogP contribution >= 0.6 is 11.3 Å². The Morgan fingerprint density at radius 3 is 2.68 bits per heavy atom. The molecule has 31 heavy (non-hydrogen) atoms. The van der Waals surface area contributed by atoms with Crippen LogP contribution in [0.15, 0.2) is 29.1 Å². The van der Waals surface area contributed by atoms with E-state index >= 15 is 0 Å². The van der Waals surface area contributed by atoms with Crippen molar-refractivity contribution in [3.05, 3.63) is 56.3 Å². The van der Waals surface area contributed by atoms with E-state index in [1.54, 1.807) is 38.1 Å². The number of ether oxygens (including phenoxy) is 1. The molecule has 0 spiro atoms. The Bertz CT molecular complexity index is 1240. The van der Waals surface area contributed by atoms with Crippen LogP contribution in [0.25, 0.3) is 10.8 Å². The molecule has 0 bridgehead atoms. The number of rotatable bonds is 4. The summed E-state index contributed by atoms with van der Waals surface area (Å²) in [6.07, 6.45) is 2.39. The second-order valence-corrected chi connectivity index (χ2v) is 9.39. The van der Waals surface area contributed by atoms with Crippen LogP contribution < -0.4 is 10.9 Å². The van der Waals surface area contributed by atoms with Crippen molar-refractivity contribution in [1.82, 2.24) is 9.78 Å². The number of hydrogen-bond acceptors (Lipinski definition) is 6. The average Bonchev–Trinajstić information content (AvgIpc) is 3.07. The lowest BCUT2D eigenvalue weighted by atomic mass is 9.88. The van der Waals surface area contributed by atoms with Gasteiger partial charge in [0.2, 0.25) is 0 Å². The zero-order valence-electron chi connectivity index (χ0n) is 18.0. The molecule has 162 valence electrons. The highest BCUT2D eigenvalue weighted by Gasteiger charge is 2.30. The van der Waals surface area contributed by atoms with Crippen molar-refractivity contribution in [1.29, 1.82) is 0 Å². The molecule has 0 saturated heterocycles. The van der Waals surface area contributed by atoms with Gasteiger partial charge < -0.3 is 10.1 Å². The number of benzene rings is 1. The molecule has 3 aromatic rings.